The molecule has 0 fully saturated rings. The van der Waals surface area contributed by atoms with Crippen LogP contribution in [-0.4, -0.2) is 44.2 Å². The Labute approximate surface area is 127 Å². The van der Waals surface area contributed by atoms with Crippen LogP contribution < -0.4 is 11.1 Å². The maximum absolute atomic E-state index is 12.0. The van der Waals surface area contributed by atoms with E-state index < -0.39 is 0 Å². The van der Waals surface area contributed by atoms with Gasteiger partial charge in [0.25, 0.3) is 0 Å². The molecule has 1 rings (SSSR count). The number of ether oxygens (including phenoxy) is 1. The number of nitrogens with zero attached hydrogens (tertiary/aromatic N) is 1. The van der Waals surface area contributed by atoms with Crippen molar-refractivity contribution in [1.29, 1.82) is 0 Å². The summed E-state index contributed by atoms with van der Waals surface area (Å²) in [4.78, 5) is 14.2. The SMILES string of the molecule is CCN(CCCC(=O)Nc1cc(N)ccc1C)CCOC. The zero-order chi connectivity index (χ0) is 15.7. The normalized spacial score (nSPS) is 10.9. The first-order valence-electron chi connectivity index (χ1n) is 7.44. The van der Waals surface area contributed by atoms with Crippen molar-refractivity contribution in [3.63, 3.8) is 0 Å². The summed E-state index contributed by atoms with van der Waals surface area (Å²) in [6, 6.07) is 5.54. The number of carbonyl (C=O) groups excluding carboxylic acids is 1. The Bertz CT molecular complexity index is 449. The molecule has 0 spiro atoms. The maximum Gasteiger partial charge on any atom is 0.224 e. The van der Waals surface area contributed by atoms with Gasteiger partial charge in [-0.05, 0) is 44.1 Å². The first-order valence-corrected chi connectivity index (χ1v) is 7.44. The molecule has 0 aliphatic rings. The van der Waals surface area contributed by atoms with Crippen LogP contribution in [0.15, 0.2) is 18.2 Å². The van der Waals surface area contributed by atoms with Gasteiger partial charge >= 0.3 is 0 Å². The smallest absolute Gasteiger partial charge is 0.224 e. The molecule has 0 unspecified atom stereocenters. The molecule has 3 N–H and O–H groups in total. The third-order valence-electron chi connectivity index (χ3n) is 3.47. The quantitative estimate of drug-likeness (QED) is 0.685. The Morgan fingerprint density at radius 1 is 1.38 bits per heavy atom. The number of benzene rings is 1. The molecule has 0 aromatic heterocycles. The summed E-state index contributed by atoms with van der Waals surface area (Å²) in [6.07, 6.45) is 1.35. The number of aryl methyl sites for hydroxylation is 1. The Balaban J connectivity index is 2.35. The third-order valence-corrected chi connectivity index (χ3v) is 3.47. The molecule has 0 radical (unpaired) electrons. The molecule has 21 heavy (non-hydrogen) atoms. The number of likely N-dealkylation sites (N-methyl/N-ethyl adjacent to an activating group) is 1. The number of nitrogens with two attached hydrogens (primary N) is 1. The number of anilines is 2. The monoisotopic (exact) mass is 293 g/mol. The van der Waals surface area contributed by atoms with Crippen LogP contribution in [0.1, 0.15) is 25.3 Å². The maximum atomic E-state index is 12.0. The molecule has 0 bridgehead atoms. The number of amides is 1. The Morgan fingerprint density at radius 2 is 2.14 bits per heavy atom. The van der Waals surface area contributed by atoms with Gasteiger partial charge in [0.05, 0.1) is 6.61 Å². The van der Waals surface area contributed by atoms with Gasteiger partial charge in [0.2, 0.25) is 5.91 Å². The van der Waals surface area contributed by atoms with Crippen molar-refractivity contribution in [1.82, 2.24) is 4.90 Å². The van der Waals surface area contributed by atoms with Crippen LogP contribution in [-0.2, 0) is 9.53 Å². The highest BCUT2D eigenvalue weighted by molar-refractivity contribution is 5.91. The minimum absolute atomic E-state index is 0.0338. The number of hydrogen-bond donors (Lipinski definition) is 2. The number of nitrogens with one attached hydrogen (secondary N) is 1. The predicted octanol–water partition coefficient (Wildman–Crippen LogP) is 2.26. The van der Waals surface area contributed by atoms with Crippen molar-refractivity contribution < 1.29 is 9.53 Å². The van der Waals surface area contributed by atoms with E-state index in [0.29, 0.717) is 12.1 Å². The van der Waals surface area contributed by atoms with Crippen LogP contribution in [0.4, 0.5) is 11.4 Å². The van der Waals surface area contributed by atoms with Gasteiger partial charge < -0.3 is 20.7 Å². The van der Waals surface area contributed by atoms with Gasteiger partial charge in [-0.15, -0.1) is 0 Å². The van der Waals surface area contributed by atoms with Gasteiger partial charge in [-0.3, -0.25) is 4.79 Å². The highest BCUT2D eigenvalue weighted by Crippen LogP contribution is 2.18. The lowest BCUT2D eigenvalue weighted by atomic mass is 10.1. The number of hydrogen-bond acceptors (Lipinski definition) is 4. The van der Waals surface area contributed by atoms with Crippen LogP contribution in [0.3, 0.4) is 0 Å². The first-order chi connectivity index (χ1) is 10.1. The molecule has 0 aliphatic carbocycles. The standard InChI is InChI=1S/C16H27N3O2/c1-4-19(10-11-21-3)9-5-6-16(20)18-15-12-14(17)8-7-13(15)2/h7-8,12H,4-6,9-11,17H2,1-3H3,(H,18,20). The fraction of sp³-hybridized carbons (Fsp3) is 0.562. The van der Waals surface area contributed by atoms with Crippen LogP contribution in [0, 0.1) is 6.92 Å². The van der Waals surface area contributed by atoms with Crippen LogP contribution in [0.25, 0.3) is 0 Å². The molecule has 118 valence electrons. The van der Waals surface area contributed by atoms with E-state index >= 15 is 0 Å². The van der Waals surface area contributed by atoms with Gasteiger partial charge in [0, 0.05) is 31.5 Å². The van der Waals surface area contributed by atoms with Gasteiger partial charge in [0.1, 0.15) is 0 Å². The van der Waals surface area contributed by atoms with Gasteiger partial charge in [-0.1, -0.05) is 13.0 Å². The number of methoxy groups -OCH3 is 1. The summed E-state index contributed by atoms with van der Waals surface area (Å²) in [6.45, 7) is 7.58. The van der Waals surface area contributed by atoms with Crippen molar-refractivity contribution in [2.24, 2.45) is 0 Å². The van der Waals surface area contributed by atoms with Crippen molar-refractivity contribution >= 4 is 17.3 Å². The van der Waals surface area contributed by atoms with Gasteiger partial charge in [-0.2, -0.15) is 0 Å². The van der Waals surface area contributed by atoms with E-state index in [0.717, 1.165) is 43.9 Å². The fourth-order valence-corrected chi connectivity index (χ4v) is 2.10. The van der Waals surface area contributed by atoms with Crippen LogP contribution in [0.2, 0.25) is 0 Å². The Hall–Kier alpha value is -1.59. The molecule has 0 heterocycles. The second-order valence-electron chi connectivity index (χ2n) is 5.15. The Morgan fingerprint density at radius 3 is 2.81 bits per heavy atom. The topological polar surface area (TPSA) is 67.6 Å². The number of nitrogen functional groups attached to an aromatic ring is 1. The first kappa shape index (κ1) is 17.5. The molecular weight excluding hydrogens is 266 g/mol. The molecular formula is C16H27N3O2. The molecule has 0 saturated heterocycles. The average molecular weight is 293 g/mol. The third kappa shape index (κ3) is 6.60. The highest BCUT2D eigenvalue weighted by atomic mass is 16.5. The van der Waals surface area contributed by atoms with E-state index in [2.05, 4.69) is 17.1 Å². The molecule has 1 aromatic carbocycles. The molecule has 5 heteroatoms. The van der Waals surface area contributed by atoms with E-state index in [-0.39, 0.29) is 5.91 Å². The lowest BCUT2D eigenvalue weighted by Gasteiger charge is -2.19. The summed E-state index contributed by atoms with van der Waals surface area (Å²) in [5.41, 5.74) is 8.22. The predicted molar refractivity (Wildman–Crippen MR) is 87.4 cm³/mol. The Kier molecular flexibility index (Phi) is 7.79. The van der Waals surface area contributed by atoms with Crippen LogP contribution in [0.5, 0.6) is 0 Å². The van der Waals surface area contributed by atoms with Crippen LogP contribution >= 0.6 is 0 Å². The molecule has 0 aliphatic heterocycles. The molecule has 0 atom stereocenters. The van der Waals surface area contributed by atoms with E-state index in [9.17, 15) is 4.79 Å². The van der Waals surface area contributed by atoms with E-state index in [1.54, 1.807) is 13.2 Å². The highest BCUT2D eigenvalue weighted by Gasteiger charge is 2.07. The molecule has 0 saturated carbocycles. The zero-order valence-electron chi connectivity index (χ0n) is 13.3. The minimum atomic E-state index is 0.0338. The van der Waals surface area contributed by atoms with Crippen molar-refractivity contribution in [3.8, 4) is 0 Å². The number of rotatable bonds is 9. The second kappa shape index (κ2) is 9.37. The van der Waals surface area contributed by atoms with Crippen molar-refractivity contribution in [2.45, 2.75) is 26.7 Å². The largest absolute Gasteiger partial charge is 0.399 e. The number of carbonyl (C=O) groups is 1. The van der Waals surface area contributed by atoms with Crippen molar-refractivity contribution in [2.75, 3.05) is 44.4 Å². The van der Waals surface area contributed by atoms with E-state index in [1.165, 1.54) is 0 Å². The van der Waals surface area contributed by atoms with Gasteiger partial charge in [0.15, 0.2) is 0 Å². The molecule has 1 aromatic rings. The summed E-state index contributed by atoms with van der Waals surface area (Å²) < 4.78 is 5.07. The summed E-state index contributed by atoms with van der Waals surface area (Å²) >= 11 is 0. The van der Waals surface area contributed by atoms with E-state index in [4.69, 9.17) is 10.5 Å². The minimum Gasteiger partial charge on any atom is -0.399 e. The summed E-state index contributed by atoms with van der Waals surface area (Å²) in [7, 11) is 1.70. The lowest BCUT2D eigenvalue weighted by molar-refractivity contribution is -0.116. The van der Waals surface area contributed by atoms with Crippen molar-refractivity contribution in [3.05, 3.63) is 23.8 Å². The average Bonchev–Trinajstić information content (AvgIpc) is 2.46. The summed E-state index contributed by atoms with van der Waals surface area (Å²) in [5.74, 6) is 0.0338. The zero-order valence-corrected chi connectivity index (χ0v) is 13.3. The van der Waals surface area contributed by atoms with Gasteiger partial charge in [-0.25, -0.2) is 0 Å². The second-order valence-corrected chi connectivity index (χ2v) is 5.15. The fourth-order valence-electron chi connectivity index (χ4n) is 2.10. The molecule has 1 amide bonds. The summed E-state index contributed by atoms with van der Waals surface area (Å²) in [5, 5.41) is 2.92. The molecule has 5 nitrogen and oxygen atoms in total. The van der Waals surface area contributed by atoms with E-state index in [1.807, 2.05) is 19.1 Å². The lowest BCUT2D eigenvalue weighted by Crippen LogP contribution is -2.29.